The molecule has 19 heavy (non-hydrogen) atoms. The first-order valence-corrected chi connectivity index (χ1v) is 7.06. The van der Waals surface area contributed by atoms with Gasteiger partial charge in [-0.2, -0.15) is 0 Å². The van der Waals surface area contributed by atoms with Crippen molar-refractivity contribution in [2.75, 3.05) is 5.32 Å². The van der Waals surface area contributed by atoms with Crippen molar-refractivity contribution >= 4 is 11.7 Å². The van der Waals surface area contributed by atoms with E-state index in [2.05, 4.69) is 23.2 Å². The number of hydrogen-bond donors (Lipinski definition) is 1. The summed E-state index contributed by atoms with van der Waals surface area (Å²) in [6.07, 6.45) is 6.61. The van der Waals surface area contributed by atoms with Gasteiger partial charge in [-0.3, -0.25) is 0 Å². The van der Waals surface area contributed by atoms with Crippen LogP contribution in [-0.4, -0.2) is 23.0 Å². The molecular weight excluding hydrogens is 236 g/mol. The highest BCUT2D eigenvalue weighted by atomic mass is 16.2. The molecule has 0 spiro atoms. The second-order valence-corrected chi connectivity index (χ2v) is 5.44. The summed E-state index contributed by atoms with van der Waals surface area (Å²) in [6, 6.07) is 10.6. The molecule has 2 aliphatic rings. The number of carbonyl (C=O) groups excluding carboxylic acids is 1. The van der Waals surface area contributed by atoms with Crippen LogP contribution < -0.4 is 5.32 Å². The van der Waals surface area contributed by atoms with Gasteiger partial charge in [0.1, 0.15) is 0 Å². The van der Waals surface area contributed by atoms with Crippen molar-refractivity contribution in [1.82, 2.24) is 4.90 Å². The van der Waals surface area contributed by atoms with Gasteiger partial charge in [0.25, 0.3) is 0 Å². The number of rotatable bonds is 1. The fourth-order valence-corrected chi connectivity index (χ4v) is 3.33. The van der Waals surface area contributed by atoms with E-state index in [0.717, 1.165) is 31.4 Å². The molecule has 2 amide bonds. The van der Waals surface area contributed by atoms with Crippen molar-refractivity contribution < 1.29 is 4.79 Å². The van der Waals surface area contributed by atoms with Gasteiger partial charge in [-0.05, 0) is 44.7 Å². The molecule has 0 radical (unpaired) electrons. The van der Waals surface area contributed by atoms with E-state index in [1.165, 1.54) is 5.57 Å². The van der Waals surface area contributed by atoms with Crippen molar-refractivity contribution in [2.24, 2.45) is 0 Å². The molecule has 2 saturated heterocycles. The minimum Gasteiger partial charge on any atom is -0.318 e. The van der Waals surface area contributed by atoms with Gasteiger partial charge in [0.2, 0.25) is 0 Å². The van der Waals surface area contributed by atoms with Crippen molar-refractivity contribution in [3.05, 3.63) is 42.0 Å². The minimum absolute atomic E-state index is 0.0638. The molecule has 0 aromatic heterocycles. The van der Waals surface area contributed by atoms with E-state index < -0.39 is 0 Å². The van der Waals surface area contributed by atoms with Gasteiger partial charge < -0.3 is 10.2 Å². The molecule has 2 bridgehead atoms. The van der Waals surface area contributed by atoms with Crippen molar-refractivity contribution in [1.29, 1.82) is 0 Å². The van der Waals surface area contributed by atoms with Gasteiger partial charge in [0, 0.05) is 17.8 Å². The molecule has 1 N–H and O–H groups in total. The number of fused-ring (bicyclic) bond motifs is 2. The van der Waals surface area contributed by atoms with Crippen molar-refractivity contribution in [3.8, 4) is 0 Å². The molecule has 100 valence electrons. The zero-order valence-electron chi connectivity index (χ0n) is 11.3. The predicted octanol–water partition coefficient (Wildman–Crippen LogP) is 3.79. The lowest BCUT2D eigenvalue weighted by Gasteiger charge is -2.36. The highest BCUT2D eigenvalue weighted by molar-refractivity contribution is 5.90. The Morgan fingerprint density at radius 2 is 1.84 bits per heavy atom. The highest BCUT2D eigenvalue weighted by Gasteiger charge is 2.40. The summed E-state index contributed by atoms with van der Waals surface area (Å²) in [6.45, 7) is 2.11. The number of amides is 2. The number of carbonyl (C=O) groups is 1. The molecule has 2 aliphatic heterocycles. The number of anilines is 1. The number of urea groups is 1. The average molecular weight is 256 g/mol. The maximum atomic E-state index is 12.4. The summed E-state index contributed by atoms with van der Waals surface area (Å²) >= 11 is 0. The Morgan fingerprint density at radius 3 is 2.42 bits per heavy atom. The SMILES string of the molecule is CC=C1CC2CCC(C1)N2C(=O)Nc1ccccc1. The normalized spacial score (nSPS) is 25.3. The van der Waals surface area contributed by atoms with E-state index in [-0.39, 0.29) is 6.03 Å². The summed E-state index contributed by atoms with van der Waals surface area (Å²) < 4.78 is 0. The Balaban J connectivity index is 1.72. The molecule has 3 rings (SSSR count). The third-order valence-electron chi connectivity index (χ3n) is 4.28. The van der Waals surface area contributed by atoms with Gasteiger partial charge in [-0.15, -0.1) is 0 Å². The molecule has 3 heteroatoms. The van der Waals surface area contributed by atoms with E-state index >= 15 is 0 Å². The van der Waals surface area contributed by atoms with Crippen LogP contribution in [0.5, 0.6) is 0 Å². The van der Waals surface area contributed by atoms with Crippen LogP contribution in [0, 0.1) is 0 Å². The van der Waals surface area contributed by atoms with Gasteiger partial charge in [-0.25, -0.2) is 4.79 Å². The minimum atomic E-state index is 0.0638. The third-order valence-corrected chi connectivity index (χ3v) is 4.28. The van der Waals surface area contributed by atoms with E-state index in [9.17, 15) is 4.79 Å². The molecule has 2 unspecified atom stereocenters. The number of nitrogens with one attached hydrogen (secondary N) is 1. The topological polar surface area (TPSA) is 32.3 Å². The molecule has 0 aliphatic carbocycles. The number of para-hydroxylation sites is 1. The Labute approximate surface area is 114 Å². The Kier molecular flexibility index (Phi) is 3.28. The maximum absolute atomic E-state index is 12.4. The zero-order valence-corrected chi connectivity index (χ0v) is 11.3. The smallest absolute Gasteiger partial charge is 0.318 e. The Morgan fingerprint density at radius 1 is 1.21 bits per heavy atom. The summed E-state index contributed by atoms with van der Waals surface area (Å²) in [4.78, 5) is 14.5. The lowest BCUT2D eigenvalue weighted by atomic mass is 9.97. The van der Waals surface area contributed by atoms with Gasteiger partial charge in [0.15, 0.2) is 0 Å². The van der Waals surface area contributed by atoms with Crippen molar-refractivity contribution in [2.45, 2.75) is 44.7 Å². The summed E-state index contributed by atoms with van der Waals surface area (Å²) in [5, 5.41) is 3.01. The average Bonchev–Trinajstić information content (AvgIpc) is 2.71. The maximum Gasteiger partial charge on any atom is 0.322 e. The standard InChI is InChI=1S/C16H20N2O/c1-2-12-10-14-8-9-15(11-12)18(14)16(19)17-13-6-4-3-5-7-13/h2-7,14-15H,8-11H2,1H3,(H,17,19). The molecule has 3 nitrogen and oxygen atoms in total. The zero-order chi connectivity index (χ0) is 13.2. The van der Waals surface area contributed by atoms with Crippen LogP contribution in [0.25, 0.3) is 0 Å². The molecule has 0 saturated carbocycles. The van der Waals surface area contributed by atoms with Crippen LogP contribution in [0.3, 0.4) is 0 Å². The van der Waals surface area contributed by atoms with Crippen LogP contribution in [0.4, 0.5) is 10.5 Å². The summed E-state index contributed by atoms with van der Waals surface area (Å²) in [7, 11) is 0. The van der Waals surface area contributed by atoms with Crippen LogP contribution in [-0.2, 0) is 0 Å². The van der Waals surface area contributed by atoms with E-state index in [1.807, 2.05) is 30.3 Å². The van der Waals surface area contributed by atoms with E-state index in [4.69, 9.17) is 0 Å². The quantitative estimate of drug-likeness (QED) is 0.762. The summed E-state index contributed by atoms with van der Waals surface area (Å²) in [5.41, 5.74) is 2.39. The number of benzene rings is 1. The fourth-order valence-electron chi connectivity index (χ4n) is 3.33. The molecular formula is C16H20N2O. The molecule has 2 fully saturated rings. The molecule has 2 heterocycles. The largest absolute Gasteiger partial charge is 0.322 e. The predicted molar refractivity (Wildman–Crippen MR) is 77.1 cm³/mol. The summed E-state index contributed by atoms with van der Waals surface area (Å²) in [5.74, 6) is 0. The van der Waals surface area contributed by atoms with E-state index in [0.29, 0.717) is 12.1 Å². The van der Waals surface area contributed by atoms with Gasteiger partial charge in [0.05, 0.1) is 0 Å². The Bertz CT molecular complexity index is 479. The van der Waals surface area contributed by atoms with E-state index in [1.54, 1.807) is 0 Å². The van der Waals surface area contributed by atoms with Crippen LogP contribution in [0.15, 0.2) is 42.0 Å². The second-order valence-electron chi connectivity index (χ2n) is 5.44. The fraction of sp³-hybridized carbons (Fsp3) is 0.438. The molecule has 1 aromatic rings. The van der Waals surface area contributed by atoms with Crippen LogP contribution in [0.2, 0.25) is 0 Å². The molecule has 2 atom stereocenters. The number of piperidine rings is 1. The van der Waals surface area contributed by atoms with Crippen molar-refractivity contribution in [3.63, 3.8) is 0 Å². The first-order chi connectivity index (χ1) is 9.28. The second kappa shape index (κ2) is 5.08. The highest BCUT2D eigenvalue weighted by Crippen LogP contribution is 2.38. The lowest BCUT2D eigenvalue weighted by molar-refractivity contribution is 0.174. The first-order valence-electron chi connectivity index (χ1n) is 7.06. The lowest BCUT2D eigenvalue weighted by Crippen LogP contribution is -2.46. The number of nitrogens with zero attached hydrogens (tertiary/aromatic N) is 1. The number of hydrogen-bond acceptors (Lipinski definition) is 1. The first kappa shape index (κ1) is 12.3. The number of allylic oxidation sites excluding steroid dienone is 1. The van der Waals surface area contributed by atoms with Gasteiger partial charge >= 0.3 is 6.03 Å². The molecule has 1 aromatic carbocycles. The Hall–Kier alpha value is -1.77. The van der Waals surface area contributed by atoms with Crippen LogP contribution in [0.1, 0.15) is 32.6 Å². The third kappa shape index (κ3) is 2.37. The van der Waals surface area contributed by atoms with Gasteiger partial charge in [-0.1, -0.05) is 29.8 Å². The van der Waals surface area contributed by atoms with Crippen LogP contribution >= 0.6 is 0 Å². The monoisotopic (exact) mass is 256 g/mol.